The third kappa shape index (κ3) is 8.81. The minimum atomic E-state index is -4.07. The first-order valence-corrected chi connectivity index (χ1v) is 22.3. The van der Waals surface area contributed by atoms with Crippen molar-refractivity contribution in [2.45, 2.75) is 32.1 Å². The molecule has 2 N–H and O–H groups in total. The van der Waals surface area contributed by atoms with Crippen LogP contribution in [0.25, 0.3) is 28.1 Å². The van der Waals surface area contributed by atoms with Gasteiger partial charge in [0.25, 0.3) is 0 Å². The van der Waals surface area contributed by atoms with E-state index in [1.54, 1.807) is 40.3 Å². The summed E-state index contributed by atoms with van der Waals surface area (Å²) in [6, 6.07) is 21.1. The number of amides is 3. The number of piperazine rings is 1. The SMILES string of the molecule is O=C1CCN(c2ccc(N3CCC(CN4CCN(c5ccc(-n6cc(-c7cc(F)cc(NS(=O)(=O)N8CCCC8)c7F)c(-c7ccncc7)n6)cc5)CC4)CC3)cc2)C(=O)N1. The molecule has 2 aromatic heterocycles. The van der Waals surface area contributed by atoms with Crippen LogP contribution in [0, 0.1) is 17.6 Å². The highest BCUT2D eigenvalue weighted by Gasteiger charge is 2.29. The van der Waals surface area contributed by atoms with Crippen LogP contribution in [0.15, 0.2) is 91.4 Å². The van der Waals surface area contributed by atoms with Crippen molar-refractivity contribution in [3.05, 3.63) is 103 Å². The van der Waals surface area contributed by atoms with Crippen LogP contribution < -0.4 is 24.7 Å². The topological polar surface area (TPSA) is 139 Å². The highest BCUT2D eigenvalue weighted by Crippen LogP contribution is 2.37. The third-order valence-corrected chi connectivity index (χ3v) is 13.7. The molecular formula is C44H48F2N10O4S. The van der Waals surface area contributed by atoms with Crippen LogP contribution in [-0.4, -0.2) is 110 Å². The second-order valence-electron chi connectivity index (χ2n) is 16.1. The standard InChI is InChI=1S/C44H48F2N10O4S/c45-33-27-38(42(46)40(28-33)50-61(59,60)54-18-1-2-19-54)39-30-56(49-43(39)32-11-16-47-17-12-32)37-9-5-35(6-10-37)53-25-23-51(24-26-53)29-31-13-20-52(21-14-31)34-3-7-36(8-4-34)55-22-15-41(57)48-44(55)58/h3-12,16-17,27-28,30-31,50H,1-2,13-15,18-26,29H2,(H,48,57,58). The van der Waals surface area contributed by atoms with E-state index < -0.39 is 27.5 Å². The van der Waals surface area contributed by atoms with Gasteiger partial charge in [0.15, 0.2) is 5.82 Å². The highest BCUT2D eigenvalue weighted by atomic mass is 32.2. The van der Waals surface area contributed by atoms with Crippen LogP contribution in [-0.2, 0) is 15.0 Å². The van der Waals surface area contributed by atoms with Crippen molar-refractivity contribution >= 4 is 44.9 Å². The molecule has 9 rings (SSSR count). The summed E-state index contributed by atoms with van der Waals surface area (Å²) in [7, 11) is -4.07. The van der Waals surface area contributed by atoms with Crippen molar-refractivity contribution < 1.29 is 26.8 Å². The summed E-state index contributed by atoms with van der Waals surface area (Å²) in [5, 5.41) is 7.21. The average molecular weight is 851 g/mol. The lowest BCUT2D eigenvalue weighted by Crippen LogP contribution is -2.49. The lowest BCUT2D eigenvalue weighted by molar-refractivity contribution is -0.120. The number of carbonyl (C=O) groups is 2. The van der Waals surface area contributed by atoms with Gasteiger partial charge in [-0.2, -0.15) is 17.8 Å². The zero-order valence-electron chi connectivity index (χ0n) is 33.7. The molecule has 3 amide bonds. The molecule has 4 aliphatic heterocycles. The van der Waals surface area contributed by atoms with Crippen molar-refractivity contribution in [1.29, 1.82) is 0 Å². The predicted molar refractivity (Wildman–Crippen MR) is 231 cm³/mol. The van der Waals surface area contributed by atoms with E-state index in [0.717, 1.165) is 93.5 Å². The zero-order valence-corrected chi connectivity index (χ0v) is 34.5. The Morgan fingerprint density at radius 3 is 2.00 bits per heavy atom. The minimum Gasteiger partial charge on any atom is -0.372 e. The fourth-order valence-corrected chi connectivity index (χ4v) is 10.1. The van der Waals surface area contributed by atoms with Crippen molar-refractivity contribution in [2.75, 3.05) is 84.9 Å². The second-order valence-corrected chi connectivity index (χ2v) is 17.8. The minimum absolute atomic E-state index is 0.117. The van der Waals surface area contributed by atoms with Gasteiger partial charge in [-0.25, -0.2) is 18.3 Å². The molecule has 0 atom stereocenters. The van der Waals surface area contributed by atoms with Gasteiger partial charge in [-0.15, -0.1) is 0 Å². The Kier molecular flexibility index (Phi) is 11.4. The lowest BCUT2D eigenvalue weighted by Gasteiger charge is -2.40. The van der Waals surface area contributed by atoms with Gasteiger partial charge in [0.05, 0.1) is 11.4 Å². The molecular weight excluding hydrogens is 803 g/mol. The van der Waals surface area contributed by atoms with Gasteiger partial charge >= 0.3 is 16.2 Å². The summed E-state index contributed by atoms with van der Waals surface area (Å²) < 4.78 is 62.6. The number of pyridine rings is 1. The predicted octanol–water partition coefficient (Wildman–Crippen LogP) is 6.12. The van der Waals surface area contributed by atoms with Crippen molar-refractivity contribution in [2.24, 2.45) is 5.92 Å². The monoisotopic (exact) mass is 850 g/mol. The number of carbonyl (C=O) groups excluding carboxylic acids is 2. The molecule has 0 aliphatic carbocycles. The molecule has 5 aromatic rings. The van der Waals surface area contributed by atoms with Crippen LogP contribution in [0.3, 0.4) is 0 Å². The smallest absolute Gasteiger partial charge is 0.328 e. The van der Waals surface area contributed by atoms with Crippen LogP contribution in [0.1, 0.15) is 32.1 Å². The number of benzene rings is 3. The molecule has 17 heteroatoms. The number of anilines is 4. The van der Waals surface area contributed by atoms with E-state index in [0.29, 0.717) is 61.6 Å². The molecule has 0 saturated carbocycles. The van der Waals surface area contributed by atoms with Gasteiger partial charge in [-0.1, -0.05) is 0 Å². The maximum atomic E-state index is 16.2. The van der Waals surface area contributed by atoms with Crippen LogP contribution in [0.5, 0.6) is 0 Å². The summed E-state index contributed by atoms with van der Waals surface area (Å²) in [5.41, 5.74) is 4.51. The number of hydrogen-bond acceptors (Lipinski definition) is 9. The fraction of sp³-hybridized carbons (Fsp3) is 0.364. The fourth-order valence-electron chi connectivity index (χ4n) is 8.82. The molecule has 4 aliphatic rings. The lowest BCUT2D eigenvalue weighted by atomic mass is 9.95. The molecule has 0 unspecified atom stereocenters. The molecule has 4 saturated heterocycles. The van der Waals surface area contributed by atoms with Crippen molar-refractivity contribution in [3.8, 4) is 28.1 Å². The van der Waals surface area contributed by atoms with Gasteiger partial charge in [0.2, 0.25) is 5.91 Å². The maximum Gasteiger partial charge on any atom is 0.328 e. The van der Waals surface area contributed by atoms with Gasteiger partial charge in [-0.3, -0.25) is 29.6 Å². The maximum absolute atomic E-state index is 16.2. The number of nitrogens with one attached hydrogen (secondary N) is 2. The quantitative estimate of drug-likeness (QED) is 0.161. The van der Waals surface area contributed by atoms with E-state index in [4.69, 9.17) is 5.10 Å². The number of aromatic nitrogens is 3. The molecule has 318 valence electrons. The summed E-state index contributed by atoms with van der Waals surface area (Å²) in [4.78, 5) is 36.8. The number of rotatable bonds is 11. The summed E-state index contributed by atoms with van der Waals surface area (Å²) >= 11 is 0. The van der Waals surface area contributed by atoms with Crippen molar-refractivity contribution in [3.63, 3.8) is 0 Å². The number of halogens is 2. The number of urea groups is 1. The van der Waals surface area contributed by atoms with E-state index in [9.17, 15) is 18.0 Å². The molecule has 3 aromatic carbocycles. The Labute approximate surface area is 353 Å². The molecule has 6 heterocycles. The number of piperidine rings is 1. The summed E-state index contributed by atoms with van der Waals surface area (Å²) in [6.07, 6.45) is 8.79. The van der Waals surface area contributed by atoms with E-state index in [1.807, 2.05) is 24.3 Å². The van der Waals surface area contributed by atoms with Crippen LogP contribution >= 0.6 is 0 Å². The Morgan fingerprint density at radius 1 is 0.721 bits per heavy atom. The number of hydrogen-bond donors (Lipinski definition) is 2. The first-order valence-electron chi connectivity index (χ1n) is 20.9. The van der Waals surface area contributed by atoms with E-state index in [1.165, 1.54) is 4.31 Å². The first-order chi connectivity index (χ1) is 29.6. The van der Waals surface area contributed by atoms with E-state index >= 15 is 8.78 Å². The van der Waals surface area contributed by atoms with Crippen LogP contribution in [0.2, 0.25) is 0 Å². The Bertz CT molecular complexity index is 2480. The third-order valence-electron chi connectivity index (χ3n) is 12.2. The van der Waals surface area contributed by atoms with Crippen molar-refractivity contribution in [1.82, 2.24) is 29.3 Å². The Balaban J connectivity index is 0.824. The van der Waals surface area contributed by atoms with Gasteiger partial charge < -0.3 is 9.80 Å². The highest BCUT2D eigenvalue weighted by molar-refractivity contribution is 7.90. The molecule has 61 heavy (non-hydrogen) atoms. The van der Waals surface area contributed by atoms with E-state index in [2.05, 4.69) is 54.0 Å². The first kappa shape index (κ1) is 40.5. The number of nitrogens with zero attached hydrogens (tertiary/aromatic N) is 8. The summed E-state index contributed by atoms with van der Waals surface area (Å²) in [5.74, 6) is -1.29. The number of imide groups is 1. The normalized spacial score (nSPS) is 18.5. The largest absolute Gasteiger partial charge is 0.372 e. The van der Waals surface area contributed by atoms with E-state index in [-0.39, 0.29) is 17.5 Å². The Morgan fingerprint density at radius 2 is 1.34 bits per heavy atom. The van der Waals surface area contributed by atoms with Gasteiger partial charge in [0.1, 0.15) is 11.5 Å². The average Bonchev–Trinajstić information content (AvgIpc) is 3.99. The molecule has 0 bridgehead atoms. The van der Waals surface area contributed by atoms with Crippen LogP contribution in [0.4, 0.5) is 36.3 Å². The molecule has 4 fully saturated rings. The van der Waals surface area contributed by atoms with Gasteiger partial charge in [0, 0.05) is 130 Å². The Hall–Kier alpha value is -5.91. The summed E-state index contributed by atoms with van der Waals surface area (Å²) in [6.45, 7) is 7.79. The molecule has 0 spiro atoms. The van der Waals surface area contributed by atoms with Gasteiger partial charge in [-0.05, 0) is 98.3 Å². The molecule has 0 radical (unpaired) electrons. The zero-order chi connectivity index (χ0) is 42.1. The molecule has 14 nitrogen and oxygen atoms in total. The second kappa shape index (κ2) is 17.2.